The molecular formula is C35H40N4O8S. The summed E-state index contributed by atoms with van der Waals surface area (Å²) in [6.45, 7) is 1.71. The SMILES string of the molecule is C[C@H]1c2ccc(Nc3nc(C4C5CC6CC(C5)CC4C6)cs3)c(O)c2C(O)=C2C(=O)[C@]3(O)C(O)=C(C(N)=O)C(=O)[C@@H](N(C)C)[C@@H]3[C@@H](O)[C@@H]21. The minimum absolute atomic E-state index is 0.0613. The van der Waals surface area contributed by atoms with Crippen molar-refractivity contribution >= 4 is 45.4 Å². The van der Waals surface area contributed by atoms with Crippen LogP contribution in [0.4, 0.5) is 10.8 Å². The van der Waals surface area contributed by atoms with Gasteiger partial charge in [0.2, 0.25) is 5.78 Å². The van der Waals surface area contributed by atoms with Crippen LogP contribution < -0.4 is 11.1 Å². The van der Waals surface area contributed by atoms with Crippen molar-refractivity contribution < 1.29 is 39.9 Å². The lowest BCUT2D eigenvalue weighted by Crippen LogP contribution is -2.70. The Hall–Kier alpha value is -3.78. The Bertz CT molecular complexity index is 1820. The van der Waals surface area contributed by atoms with Gasteiger partial charge in [0, 0.05) is 22.8 Å². The van der Waals surface area contributed by atoms with Gasteiger partial charge in [0.25, 0.3) is 5.91 Å². The second-order valence-electron chi connectivity index (χ2n) is 15.1. The van der Waals surface area contributed by atoms with Crippen molar-refractivity contribution in [2.45, 2.75) is 68.6 Å². The van der Waals surface area contributed by atoms with Gasteiger partial charge in [-0.3, -0.25) is 19.3 Å². The predicted octanol–water partition coefficient (Wildman–Crippen LogP) is 3.24. The first-order valence-corrected chi connectivity index (χ1v) is 17.5. The quantitative estimate of drug-likeness (QED) is 0.181. The molecule has 2 aromatic rings. The van der Waals surface area contributed by atoms with Gasteiger partial charge in [0.15, 0.2) is 16.5 Å². The number of likely N-dealkylation sites (N-methyl/N-ethyl adjacent to an activating group) is 1. The van der Waals surface area contributed by atoms with Crippen molar-refractivity contribution in [3.05, 3.63) is 51.2 Å². The third kappa shape index (κ3) is 4.10. The number of ketones is 2. The maximum Gasteiger partial charge on any atom is 0.255 e. The number of aromatic nitrogens is 1. The minimum Gasteiger partial charge on any atom is -0.508 e. The van der Waals surface area contributed by atoms with Crippen molar-refractivity contribution in [3.8, 4) is 5.75 Å². The Morgan fingerprint density at radius 3 is 2.29 bits per heavy atom. The molecule has 0 radical (unpaired) electrons. The molecule has 1 heterocycles. The zero-order chi connectivity index (χ0) is 34.1. The number of phenolic OH excluding ortho intramolecular Hbond substituents is 1. The van der Waals surface area contributed by atoms with Gasteiger partial charge in [0.05, 0.1) is 35.0 Å². The molecule has 13 heteroatoms. The molecule has 0 unspecified atom stereocenters. The van der Waals surface area contributed by atoms with Gasteiger partial charge in [-0.25, -0.2) is 4.98 Å². The van der Waals surface area contributed by atoms with E-state index in [0.717, 1.165) is 17.5 Å². The molecule has 0 saturated heterocycles. The number of aliphatic hydroxyl groups is 4. The Kier molecular flexibility index (Phi) is 6.96. The minimum atomic E-state index is -2.95. The molecule has 1 amide bonds. The normalized spacial score (nSPS) is 38.3. The van der Waals surface area contributed by atoms with Crippen LogP contribution in [0.1, 0.15) is 67.7 Å². The lowest BCUT2D eigenvalue weighted by Gasteiger charge is -2.54. The number of carbonyl (C=O) groups excluding carboxylic acids is 3. The zero-order valence-corrected chi connectivity index (χ0v) is 27.7. The van der Waals surface area contributed by atoms with Crippen LogP contribution in [0.5, 0.6) is 5.75 Å². The highest BCUT2D eigenvalue weighted by Gasteiger charge is 2.68. The first-order valence-electron chi connectivity index (χ1n) is 16.6. The van der Waals surface area contributed by atoms with E-state index in [9.17, 15) is 39.9 Å². The van der Waals surface area contributed by atoms with Crippen LogP contribution in [-0.4, -0.2) is 84.7 Å². The third-order valence-electron chi connectivity index (χ3n) is 12.5. The van der Waals surface area contributed by atoms with Crippen molar-refractivity contribution in [1.29, 1.82) is 0 Å². The van der Waals surface area contributed by atoms with Gasteiger partial charge in [-0.15, -0.1) is 11.3 Å². The number of nitrogens with two attached hydrogens (primary N) is 1. The summed E-state index contributed by atoms with van der Waals surface area (Å²) in [4.78, 5) is 46.2. The molecule has 5 saturated carbocycles. The van der Waals surface area contributed by atoms with Crippen molar-refractivity contribution in [3.63, 3.8) is 0 Å². The van der Waals surface area contributed by atoms with Crippen molar-refractivity contribution in [1.82, 2.24) is 9.88 Å². The average molecular weight is 677 g/mol. The number of aromatic hydroxyl groups is 1. The number of primary amides is 1. The molecule has 254 valence electrons. The standard InChI is InChI=1S/C35H40N4O8S/c1-12-17-4-5-18(37-34-38-19(11-48-34)21-15-7-13-6-14(9-15)10-16(21)8-13)27(40)22(17)28(41)23-20(12)29(42)25-26(39(2)3)30(43)24(33(36)46)32(45)35(25,47)31(23)44/h4-5,11-16,20-21,25-26,29,40-42,45,47H,6-10H2,1-3H3,(H2,36,46)(H,37,38)/t12-,13?,14?,15?,16?,20+,21?,25+,26-,29-,35-/m0/s1. The van der Waals surface area contributed by atoms with Crippen LogP contribution in [0.3, 0.4) is 0 Å². The van der Waals surface area contributed by atoms with E-state index in [2.05, 4.69) is 10.7 Å². The number of aliphatic hydroxyl groups excluding tert-OH is 3. The van der Waals surface area contributed by atoms with E-state index in [4.69, 9.17) is 10.7 Å². The third-order valence-corrected chi connectivity index (χ3v) is 13.2. The van der Waals surface area contributed by atoms with Gasteiger partial charge < -0.3 is 36.6 Å². The van der Waals surface area contributed by atoms with Crippen molar-refractivity contribution in [2.24, 2.45) is 41.2 Å². The number of benzene rings is 1. The molecule has 7 aliphatic rings. The second-order valence-corrected chi connectivity index (χ2v) is 16.0. The fourth-order valence-electron chi connectivity index (χ4n) is 10.7. The van der Waals surface area contributed by atoms with Gasteiger partial charge in [0.1, 0.15) is 22.8 Å². The summed E-state index contributed by atoms with van der Waals surface area (Å²) < 4.78 is 0. The van der Waals surface area contributed by atoms with E-state index >= 15 is 0 Å². The number of thiazole rings is 1. The first kappa shape index (κ1) is 31.5. The summed E-state index contributed by atoms with van der Waals surface area (Å²) in [5, 5.41) is 64.0. The number of anilines is 2. The van der Waals surface area contributed by atoms with Crippen LogP contribution in [0.25, 0.3) is 5.76 Å². The zero-order valence-electron chi connectivity index (χ0n) is 26.9. The fraction of sp³-hybridized carbons (Fsp3) is 0.543. The van der Waals surface area contributed by atoms with Crippen LogP contribution >= 0.6 is 11.3 Å². The molecule has 4 bridgehead atoms. The summed E-state index contributed by atoms with van der Waals surface area (Å²) in [6.07, 6.45) is 4.80. The number of nitrogens with zero attached hydrogens (tertiary/aromatic N) is 2. The number of hydrogen-bond acceptors (Lipinski definition) is 12. The number of amides is 1. The summed E-state index contributed by atoms with van der Waals surface area (Å²) in [7, 11) is 2.95. The molecule has 48 heavy (non-hydrogen) atoms. The van der Waals surface area contributed by atoms with E-state index in [1.54, 1.807) is 19.1 Å². The maximum absolute atomic E-state index is 14.3. The fourth-order valence-corrected chi connectivity index (χ4v) is 11.5. The lowest BCUT2D eigenvalue weighted by molar-refractivity contribution is -0.169. The van der Waals surface area contributed by atoms with E-state index in [1.807, 2.05) is 0 Å². The average Bonchev–Trinajstić information content (AvgIpc) is 3.47. The van der Waals surface area contributed by atoms with Crippen LogP contribution in [0, 0.1) is 35.5 Å². The predicted molar refractivity (Wildman–Crippen MR) is 176 cm³/mol. The molecular weight excluding hydrogens is 636 g/mol. The van der Waals surface area contributed by atoms with E-state index in [1.165, 1.54) is 62.4 Å². The molecule has 12 nitrogen and oxygen atoms in total. The Morgan fingerprint density at radius 2 is 1.69 bits per heavy atom. The van der Waals surface area contributed by atoms with Crippen LogP contribution in [0.2, 0.25) is 0 Å². The summed E-state index contributed by atoms with van der Waals surface area (Å²) in [5.74, 6) is -5.70. The van der Waals surface area contributed by atoms with Crippen molar-refractivity contribution in [2.75, 3.05) is 19.4 Å². The number of carbonyl (C=O) groups is 3. The molecule has 0 spiro atoms. The molecule has 7 aliphatic carbocycles. The number of nitrogens with one attached hydrogen (secondary N) is 1. The van der Waals surface area contributed by atoms with Gasteiger partial charge >= 0.3 is 0 Å². The maximum atomic E-state index is 14.3. The van der Waals surface area contributed by atoms with Gasteiger partial charge in [-0.05, 0) is 87.4 Å². The molecule has 8 N–H and O–H groups in total. The molecule has 1 aromatic carbocycles. The van der Waals surface area contributed by atoms with Gasteiger partial charge in [-0.1, -0.05) is 13.0 Å². The van der Waals surface area contributed by atoms with Gasteiger partial charge in [-0.2, -0.15) is 0 Å². The molecule has 5 fully saturated rings. The molecule has 1 aromatic heterocycles. The number of hydrogen-bond donors (Lipinski definition) is 7. The highest BCUT2D eigenvalue weighted by Crippen LogP contribution is 2.60. The largest absolute Gasteiger partial charge is 0.508 e. The number of rotatable bonds is 5. The van der Waals surface area contributed by atoms with Crippen LogP contribution in [0.15, 0.2) is 34.4 Å². The highest BCUT2D eigenvalue weighted by molar-refractivity contribution is 7.13. The van der Waals surface area contributed by atoms with E-state index < -0.39 is 75.6 Å². The monoisotopic (exact) mass is 676 g/mol. The summed E-state index contributed by atoms with van der Waals surface area (Å²) >= 11 is 1.44. The number of Topliss-reactive ketones (excluding diaryl/α,β-unsaturated/α-hetero) is 2. The molecule has 0 aliphatic heterocycles. The smallest absolute Gasteiger partial charge is 0.255 e. The molecule has 6 atom stereocenters. The summed E-state index contributed by atoms with van der Waals surface area (Å²) in [5.41, 5.74) is 2.78. The highest BCUT2D eigenvalue weighted by atomic mass is 32.1. The first-order chi connectivity index (χ1) is 22.7. The Morgan fingerprint density at radius 1 is 1.04 bits per heavy atom. The number of phenols is 1. The Labute approximate surface area is 281 Å². The lowest BCUT2D eigenvalue weighted by atomic mass is 9.51. The van der Waals surface area contributed by atoms with Crippen LogP contribution in [-0.2, 0) is 14.4 Å². The topological polar surface area (TPSA) is 207 Å². The van der Waals surface area contributed by atoms with E-state index in [-0.39, 0.29) is 17.0 Å². The molecule has 9 rings (SSSR count). The Balaban J connectivity index is 1.17. The van der Waals surface area contributed by atoms with E-state index in [0.29, 0.717) is 28.4 Å². The summed E-state index contributed by atoms with van der Waals surface area (Å²) in [6, 6.07) is 1.95. The second kappa shape index (κ2) is 10.6. The number of fused-ring (bicyclic) bond motifs is 3.